The summed E-state index contributed by atoms with van der Waals surface area (Å²) in [5.41, 5.74) is -0.647. The van der Waals surface area contributed by atoms with Crippen LogP contribution in [-0.2, 0) is 21.1 Å². The maximum atomic E-state index is 13.2. The van der Waals surface area contributed by atoms with E-state index in [1.807, 2.05) is 13.8 Å². The highest BCUT2D eigenvalue weighted by Gasteiger charge is 2.38. The van der Waals surface area contributed by atoms with Crippen molar-refractivity contribution in [3.8, 4) is 0 Å². The zero-order valence-corrected chi connectivity index (χ0v) is 16.2. The van der Waals surface area contributed by atoms with E-state index in [2.05, 4.69) is 5.32 Å². The third kappa shape index (κ3) is 4.78. The molecule has 156 valence electrons. The summed E-state index contributed by atoms with van der Waals surface area (Å²) in [6.45, 7) is 6.01. The van der Waals surface area contributed by atoms with E-state index in [0.717, 1.165) is 6.07 Å². The first-order valence-electron chi connectivity index (χ1n) is 9.63. The molecule has 28 heavy (non-hydrogen) atoms. The number of hydrogen-bond donors (Lipinski definition) is 1. The van der Waals surface area contributed by atoms with Crippen LogP contribution in [0.15, 0.2) is 24.3 Å². The average molecular weight is 400 g/mol. The van der Waals surface area contributed by atoms with E-state index in [1.165, 1.54) is 12.1 Å². The van der Waals surface area contributed by atoms with Gasteiger partial charge in [0.15, 0.2) is 0 Å². The number of nitrogens with zero attached hydrogens (tertiary/aromatic N) is 1. The minimum atomic E-state index is -4.40. The third-order valence-corrected chi connectivity index (χ3v) is 5.54. The van der Waals surface area contributed by atoms with Gasteiger partial charge in [-0.25, -0.2) is 4.79 Å². The van der Waals surface area contributed by atoms with Crippen molar-refractivity contribution in [2.75, 3.05) is 32.8 Å². The van der Waals surface area contributed by atoms with Crippen LogP contribution in [0.1, 0.15) is 37.8 Å². The zero-order chi connectivity index (χ0) is 20.4. The van der Waals surface area contributed by atoms with E-state index in [1.54, 1.807) is 11.0 Å². The number of halogens is 3. The number of hydrogen-bond acceptors (Lipinski definition) is 3. The van der Waals surface area contributed by atoms with Crippen molar-refractivity contribution in [2.45, 2.75) is 50.5 Å². The van der Waals surface area contributed by atoms with Gasteiger partial charge >= 0.3 is 12.2 Å². The van der Waals surface area contributed by atoms with Gasteiger partial charge in [-0.15, -0.1) is 0 Å². The zero-order valence-electron chi connectivity index (χ0n) is 16.2. The summed E-state index contributed by atoms with van der Waals surface area (Å²) in [5, 5.41) is 2.96. The molecule has 2 saturated heterocycles. The minimum Gasteiger partial charge on any atom is -0.381 e. The van der Waals surface area contributed by atoms with Crippen LogP contribution >= 0.6 is 0 Å². The number of morpholine rings is 1. The molecule has 0 aromatic heterocycles. The molecule has 2 heterocycles. The summed E-state index contributed by atoms with van der Waals surface area (Å²) in [4.78, 5) is 14.4. The van der Waals surface area contributed by atoms with Gasteiger partial charge in [-0.1, -0.05) is 18.2 Å². The molecule has 1 N–H and O–H groups in total. The van der Waals surface area contributed by atoms with Gasteiger partial charge in [0.2, 0.25) is 0 Å². The van der Waals surface area contributed by atoms with E-state index < -0.39 is 17.2 Å². The summed E-state index contributed by atoms with van der Waals surface area (Å²) in [6.07, 6.45) is -3.37. The Morgan fingerprint density at radius 1 is 1.21 bits per heavy atom. The van der Waals surface area contributed by atoms with E-state index in [4.69, 9.17) is 9.47 Å². The van der Waals surface area contributed by atoms with Crippen molar-refractivity contribution in [3.05, 3.63) is 35.4 Å². The summed E-state index contributed by atoms with van der Waals surface area (Å²) in [6, 6.07) is 5.22. The van der Waals surface area contributed by atoms with Crippen molar-refractivity contribution in [1.29, 1.82) is 0 Å². The van der Waals surface area contributed by atoms with Crippen LogP contribution in [0, 0.1) is 0 Å². The highest BCUT2D eigenvalue weighted by Crippen LogP contribution is 2.37. The Bertz CT molecular complexity index is 680. The molecule has 2 aliphatic heterocycles. The standard InChI is InChI=1S/C20H27F3N2O3/c1-14-11-25(12-15(2)28-14)18(26)24-13-19(6-8-27-9-7-19)16-4-3-5-17(10-16)20(21,22)23/h3-5,10,14-15H,6-9,11-13H2,1-2H3,(H,24,26)/t14-,15+. The monoisotopic (exact) mass is 400 g/mol. The molecule has 1 aromatic rings. The average Bonchev–Trinajstić information content (AvgIpc) is 2.65. The third-order valence-electron chi connectivity index (χ3n) is 5.54. The summed E-state index contributed by atoms with van der Waals surface area (Å²) in [7, 11) is 0. The SMILES string of the molecule is C[C@@H]1CN(C(=O)NCC2(c3cccc(C(F)(F)F)c3)CCOCC2)C[C@H](C)O1. The Balaban J connectivity index is 1.76. The second-order valence-corrected chi connectivity index (χ2v) is 7.79. The van der Waals surface area contributed by atoms with E-state index in [9.17, 15) is 18.0 Å². The van der Waals surface area contributed by atoms with Gasteiger partial charge in [-0.2, -0.15) is 13.2 Å². The molecule has 2 atom stereocenters. The molecule has 0 spiro atoms. The van der Waals surface area contributed by atoms with Crippen LogP contribution in [0.5, 0.6) is 0 Å². The van der Waals surface area contributed by atoms with Gasteiger partial charge in [-0.3, -0.25) is 0 Å². The lowest BCUT2D eigenvalue weighted by Crippen LogP contribution is -2.54. The Hall–Kier alpha value is -1.80. The fourth-order valence-corrected chi connectivity index (χ4v) is 4.06. The molecule has 2 aliphatic rings. The van der Waals surface area contributed by atoms with Gasteiger partial charge in [0.25, 0.3) is 0 Å². The second kappa shape index (κ2) is 8.29. The lowest BCUT2D eigenvalue weighted by atomic mass is 9.73. The van der Waals surface area contributed by atoms with Crippen LogP contribution in [0.25, 0.3) is 0 Å². The summed E-state index contributed by atoms with van der Waals surface area (Å²) >= 11 is 0. The Morgan fingerprint density at radius 3 is 2.46 bits per heavy atom. The van der Waals surface area contributed by atoms with Crippen molar-refractivity contribution >= 4 is 6.03 Å². The molecule has 2 fully saturated rings. The normalized spacial score (nSPS) is 25.4. The quantitative estimate of drug-likeness (QED) is 0.844. The number of carbonyl (C=O) groups excluding carboxylic acids is 1. The molecule has 2 amide bonds. The lowest BCUT2D eigenvalue weighted by Gasteiger charge is -2.40. The molecule has 0 radical (unpaired) electrons. The Morgan fingerprint density at radius 2 is 1.86 bits per heavy atom. The number of rotatable bonds is 3. The topological polar surface area (TPSA) is 50.8 Å². The van der Waals surface area contributed by atoms with Crippen LogP contribution in [0.3, 0.4) is 0 Å². The molecular weight excluding hydrogens is 373 g/mol. The van der Waals surface area contributed by atoms with Crippen LogP contribution in [0.2, 0.25) is 0 Å². The van der Waals surface area contributed by atoms with Crippen LogP contribution in [0.4, 0.5) is 18.0 Å². The number of benzene rings is 1. The van der Waals surface area contributed by atoms with Gasteiger partial charge in [0, 0.05) is 38.3 Å². The molecule has 0 unspecified atom stereocenters. The van der Waals surface area contributed by atoms with Crippen molar-refractivity contribution < 1.29 is 27.4 Å². The molecule has 1 aromatic carbocycles. The summed E-state index contributed by atoms with van der Waals surface area (Å²) < 4.78 is 50.6. The fourth-order valence-electron chi connectivity index (χ4n) is 4.06. The van der Waals surface area contributed by atoms with Crippen molar-refractivity contribution in [3.63, 3.8) is 0 Å². The van der Waals surface area contributed by atoms with Crippen molar-refractivity contribution in [2.24, 2.45) is 0 Å². The maximum Gasteiger partial charge on any atom is 0.416 e. The largest absolute Gasteiger partial charge is 0.416 e. The van der Waals surface area contributed by atoms with Crippen LogP contribution < -0.4 is 5.32 Å². The predicted octanol–water partition coefficient (Wildman–Crippen LogP) is 3.57. The van der Waals surface area contributed by atoms with Gasteiger partial charge in [-0.05, 0) is 38.3 Å². The first-order chi connectivity index (χ1) is 13.2. The molecule has 0 bridgehead atoms. The van der Waals surface area contributed by atoms with E-state index in [0.29, 0.717) is 44.7 Å². The molecular formula is C20H27F3N2O3. The summed E-state index contributed by atoms with van der Waals surface area (Å²) in [5.74, 6) is 0. The number of ether oxygens (including phenoxy) is 2. The van der Waals surface area contributed by atoms with Crippen LogP contribution in [-0.4, -0.2) is 56.0 Å². The maximum absolute atomic E-state index is 13.2. The molecule has 0 saturated carbocycles. The highest BCUT2D eigenvalue weighted by atomic mass is 19.4. The van der Waals surface area contributed by atoms with E-state index >= 15 is 0 Å². The fraction of sp³-hybridized carbons (Fsp3) is 0.650. The molecule has 3 rings (SSSR count). The smallest absolute Gasteiger partial charge is 0.381 e. The number of amides is 2. The van der Waals surface area contributed by atoms with Gasteiger partial charge in [0.1, 0.15) is 0 Å². The Labute approximate surface area is 163 Å². The number of carbonyl (C=O) groups is 1. The first-order valence-corrected chi connectivity index (χ1v) is 9.63. The highest BCUT2D eigenvalue weighted by molar-refractivity contribution is 5.74. The second-order valence-electron chi connectivity index (χ2n) is 7.79. The van der Waals surface area contributed by atoms with Crippen molar-refractivity contribution in [1.82, 2.24) is 10.2 Å². The Kier molecular flexibility index (Phi) is 6.19. The number of urea groups is 1. The van der Waals surface area contributed by atoms with Gasteiger partial charge < -0.3 is 19.7 Å². The predicted molar refractivity (Wildman–Crippen MR) is 98.2 cm³/mol. The minimum absolute atomic E-state index is 0.0463. The van der Waals surface area contributed by atoms with Gasteiger partial charge in [0.05, 0.1) is 17.8 Å². The first kappa shape index (κ1) is 20.9. The van der Waals surface area contributed by atoms with E-state index in [-0.39, 0.29) is 24.8 Å². The molecule has 5 nitrogen and oxygen atoms in total. The molecule has 8 heteroatoms. The molecule has 0 aliphatic carbocycles. The lowest BCUT2D eigenvalue weighted by molar-refractivity contribution is -0.137. The number of alkyl halides is 3. The number of nitrogens with one attached hydrogen (secondary N) is 1.